The minimum Gasteiger partial charge on any atom is -0.452 e. The Morgan fingerprint density at radius 2 is 1.71 bits per heavy atom. The Balaban J connectivity index is 1.52. The van der Waals surface area contributed by atoms with E-state index >= 15 is 0 Å². The number of sulfonamides is 1. The van der Waals surface area contributed by atoms with Crippen LogP contribution in [0.3, 0.4) is 0 Å². The van der Waals surface area contributed by atoms with E-state index in [0.29, 0.717) is 25.6 Å². The molecule has 1 amide bonds. The zero-order chi connectivity index (χ0) is 22.4. The summed E-state index contributed by atoms with van der Waals surface area (Å²) in [6.07, 6.45) is 1.69. The van der Waals surface area contributed by atoms with Crippen LogP contribution in [0.4, 0.5) is 0 Å². The predicted octanol–water partition coefficient (Wildman–Crippen LogP) is 2.89. The van der Waals surface area contributed by atoms with Crippen molar-refractivity contribution in [3.63, 3.8) is 0 Å². The molecule has 2 aromatic rings. The molecule has 166 valence electrons. The van der Waals surface area contributed by atoms with Gasteiger partial charge in [-0.3, -0.25) is 4.79 Å². The molecule has 3 rings (SSSR count). The van der Waals surface area contributed by atoms with Crippen LogP contribution in [-0.2, 0) is 26.1 Å². The summed E-state index contributed by atoms with van der Waals surface area (Å²) in [7, 11) is -3.57. The fourth-order valence-electron chi connectivity index (χ4n) is 3.41. The predicted molar refractivity (Wildman–Crippen MR) is 117 cm³/mol. The maximum atomic E-state index is 12.8. The van der Waals surface area contributed by atoms with Crippen molar-refractivity contribution < 1.29 is 22.7 Å². The van der Waals surface area contributed by atoms with Crippen molar-refractivity contribution in [1.29, 1.82) is 0 Å². The molecule has 1 N–H and O–H groups in total. The van der Waals surface area contributed by atoms with E-state index < -0.39 is 28.5 Å². The van der Waals surface area contributed by atoms with Gasteiger partial charge in [-0.15, -0.1) is 0 Å². The third-order valence-electron chi connectivity index (χ3n) is 5.54. The van der Waals surface area contributed by atoms with E-state index in [4.69, 9.17) is 4.74 Å². The fourth-order valence-corrected chi connectivity index (χ4v) is 4.87. The van der Waals surface area contributed by atoms with Gasteiger partial charge >= 0.3 is 5.97 Å². The molecule has 8 heteroatoms. The van der Waals surface area contributed by atoms with Crippen molar-refractivity contribution in [2.24, 2.45) is 5.92 Å². The second-order valence-corrected chi connectivity index (χ2v) is 9.83. The summed E-state index contributed by atoms with van der Waals surface area (Å²) >= 11 is 0. The Morgan fingerprint density at radius 1 is 1.06 bits per heavy atom. The summed E-state index contributed by atoms with van der Waals surface area (Å²) in [5.41, 5.74) is 2.24. The van der Waals surface area contributed by atoms with E-state index in [9.17, 15) is 18.0 Å². The molecule has 0 aromatic heterocycles. The minimum atomic E-state index is -3.57. The van der Waals surface area contributed by atoms with Gasteiger partial charge in [0, 0.05) is 19.6 Å². The standard InChI is InChI=1S/C23H28N2O5S/c1-17-11-13-25(14-12-17)31(28,29)21-9-7-19(8-10-21)23(27)30-16-22(26)24-15-20-6-4-3-5-18(20)2/h3-10,17H,11-16H2,1-2H3,(H,24,26). The van der Waals surface area contributed by atoms with Gasteiger partial charge in [0.2, 0.25) is 10.0 Å². The fraction of sp³-hybridized carbons (Fsp3) is 0.391. The van der Waals surface area contributed by atoms with Gasteiger partial charge in [-0.25, -0.2) is 13.2 Å². The number of carbonyl (C=O) groups excluding carboxylic acids is 2. The molecule has 2 aromatic carbocycles. The van der Waals surface area contributed by atoms with E-state index in [-0.39, 0.29) is 10.5 Å². The average molecular weight is 445 g/mol. The van der Waals surface area contributed by atoms with E-state index in [2.05, 4.69) is 12.2 Å². The lowest BCUT2D eigenvalue weighted by atomic mass is 10.0. The summed E-state index contributed by atoms with van der Waals surface area (Å²) in [4.78, 5) is 24.3. The van der Waals surface area contributed by atoms with Crippen molar-refractivity contribution in [3.8, 4) is 0 Å². The summed E-state index contributed by atoms with van der Waals surface area (Å²) in [6, 6.07) is 13.3. The Bertz CT molecular complexity index is 1030. The monoisotopic (exact) mass is 444 g/mol. The number of hydrogen-bond acceptors (Lipinski definition) is 5. The lowest BCUT2D eigenvalue weighted by Crippen LogP contribution is -2.37. The molecule has 1 saturated heterocycles. The first kappa shape index (κ1) is 23.0. The number of esters is 1. The van der Waals surface area contributed by atoms with Crippen molar-refractivity contribution in [2.75, 3.05) is 19.7 Å². The third-order valence-corrected chi connectivity index (χ3v) is 7.45. The number of nitrogens with one attached hydrogen (secondary N) is 1. The van der Waals surface area contributed by atoms with Crippen LogP contribution in [-0.4, -0.2) is 44.3 Å². The molecule has 0 radical (unpaired) electrons. The minimum absolute atomic E-state index is 0.148. The highest BCUT2D eigenvalue weighted by Crippen LogP contribution is 2.23. The first-order valence-corrected chi connectivity index (χ1v) is 11.8. The Hall–Kier alpha value is -2.71. The molecular weight excluding hydrogens is 416 g/mol. The topological polar surface area (TPSA) is 92.8 Å². The molecule has 7 nitrogen and oxygen atoms in total. The maximum absolute atomic E-state index is 12.8. The van der Waals surface area contributed by atoms with Crippen LogP contribution >= 0.6 is 0 Å². The van der Waals surface area contributed by atoms with E-state index in [1.165, 1.54) is 28.6 Å². The van der Waals surface area contributed by atoms with Crippen molar-refractivity contribution >= 4 is 21.9 Å². The van der Waals surface area contributed by atoms with Gasteiger partial charge in [0.25, 0.3) is 5.91 Å². The van der Waals surface area contributed by atoms with Crippen LogP contribution < -0.4 is 5.32 Å². The van der Waals surface area contributed by atoms with Gasteiger partial charge in [-0.1, -0.05) is 31.2 Å². The number of carbonyl (C=O) groups is 2. The van der Waals surface area contributed by atoms with Crippen LogP contribution in [0.1, 0.15) is 41.3 Å². The van der Waals surface area contributed by atoms with Gasteiger partial charge in [-0.05, 0) is 61.1 Å². The average Bonchev–Trinajstić information content (AvgIpc) is 2.77. The maximum Gasteiger partial charge on any atom is 0.338 e. The van der Waals surface area contributed by atoms with Crippen LogP contribution in [0.25, 0.3) is 0 Å². The molecule has 0 bridgehead atoms. The zero-order valence-corrected chi connectivity index (χ0v) is 18.7. The highest BCUT2D eigenvalue weighted by molar-refractivity contribution is 7.89. The molecule has 1 heterocycles. The van der Waals surface area contributed by atoms with Crippen LogP contribution in [0.15, 0.2) is 53.4 Å². The smallest absolute Gasteiger partial charge is 0.338 e. The zero-order valence-electron chi connectivity index (χ0n) is 17.8. The number of nitrogens with zero attached hydrogens (tertiary/aromatic N) is 1. The van der Waals surface area contributed by atoms with Crippen molar-refractivity contribution in [2.45, 2.75) is 38.1 Å². The van der Waals surface area contributed by atoms with E-state index in [0.717, 1.165) is 24.0 Å². The molecule has 31 heavy (non-hydrogen) atoms. The number of benzene rings is 2. The Morgan fingerprint density at radius 3 is 2.35 bits per heavy atom. The third kappa shape index (κ3) is 5.92. The molecule has 1 aliphatic heterocycles. The van der Waals surface area contributed by atoms with Gasteiger partial charge in [0.1, 0.15) is 0 Å². The molecule has 0 atom stereocenters. The molecule has 0 spiro atoms. The first-order chi connectivity index (χ1) is 14.8. The van der Waals surface area contributed by atoms with Gasteiger partial charge in [-0.2, -0.15) is 4.31 Å². The number of ether oxygens (including phenoxy) is 1. The first-order valence-electron chi connectivity index (χ1n) is 10.4. The SMILES string of the molecule is Cc1ccccc1CNC(=O)COC(=O)c1ccc(S(=O)(=O)N2CCC(C)CC2)cc1. The number of piperidine rings is 1. The quantitative estimate of drug-likeness (QED) is 0.663. The second-order valence-electron chi connectivity index (χ2n) is 7.89. The highest BCUT2D eigenvalue weighted by atomic mass is 32.2. The summed E-state index contributed by atoms with van der Waals surface area (Å²) < 4.78 is 32.1. The van der Waals surface area contributed by atoms with Crippen molar-refractivity contribution in [3.05, 3.63) is 65.2 Å². The summed E-state index contributed by atoms with van der Waals surface area (Å²) in [5, 5.41) is 2.71. The number of rotatable bonds is 7. The van der Waals surface area contributed by atoms with Gasteiger partial charge in [0.05, 0.1) is 10.5 Å². The molecule has 0 saturated carbocycles. The molecule has 0 unspecified atom stereocenters. The van der Waals surface area contributed by atoms with Gasteiger partial charge in [0.15, 0.2) is 6.61 Å². The normalized spacial score (nSPS) is 15.4. The molecule has 0 aliphatic carbocycles. The van der Waals surface area contributed by atoms with Crippen LogP contribution in [0, 0.1) is 12.8 Å². The van der Waals surface area contributed by atoms with E-state index in [1.807, 2.05) is 31.2 Å². The highest BCUT2D eigenvalue weighted by Gasteiger charge is 2.28. The Labute approximate surface area is 183 Å². The van der Waals surface area contributed by atoms with Gasteiger partial charge < -0.3 is 10.1 Å². The lowest BCUT2D eigenvalue weighted by Gasteiger charge is -2.29. The second kappa shape index (κ2) is 10.1. The summed E-state index contributed by atoms with van der Waals surface area (Å²) in [6.45, 7) is 5.03. The lowest BCUT2D eigenvalue weighted by molar-refractivity contribution is -0.124. The van der Waals surface area contributed by atoms with E-state index in [1.54, 1.807) is 0 Å². The largest absolute Gasteiger partial charge is 0.452 e. The van der Waals surface area contributed by atoms with Crippen LogP contribution in [0.5, 0.6) is 0 Å². The van der Waals surface area contributed by atoms with Crippen LogP contribution in [0.2, 0.25) is 0 Å². The molecule has 1 fully saturated rings. The number of aryl methyl sites for hydroxylation is 1. The molecule has 1 aliphatic rings. The number of amides is 1. The Kier molecular flexibility index (Phi) is 7.46. The van der Waals surface area contributed by atoms with Crippen molar-refractivity contribution in [1.82, 2.24) is 9.62 Å². The molecular formula is C23H28N2O5S. The number of hydrogen-bond donors (Lipinski definition) is 1. The summed E-state index contributed by atoms with van der Waals surface area (Å²) in [5.74, 6) is -0.561.